The van der Waals surface area contributed by atoms with E-state index in [0.29, 0.717) is 11.3 Å². The molecule has 0 saturated heterocycles. The minimum atomic E-state index is -0.124. The molecule has 2 aliphatic carbocycles. The molecule has 3 atom stereocenters. The summed E-state index contributed by atoms with van der Waals surface area (Å²) >= 11 is 1.87. The lowest BCUT2D eigenvalue weighted by Crippen LogP contribution is -2.34. The van der Waals surface area contributed by atoms with Gasteiger partial charge in [0.05, 0.1) is 6.10 Å². The molecule has 0 heterocycles. The average molecular weight is 266 g/mol. The first-order valence-electron chi connectivity index (χ1n) is 6.86. The van der Waals surface area contributed by atoms with Gasteiger partial charge in [-0.1, -0.05) is 12.8 Å². The number of aliphatic hydroxyl groups excluding tert-OH is 1. The molecule has 0 spiro atoms. The van der Waals surface area contributed by atoms with Crippen LogP contribution in [0.15, 0.2) is 0 Å². The molecule has 0 aliphatic heterocycles. The summed E-state index contributed by atoms with van der Waals surface area (Å²) in [5.41, 5.74) is 0. The van der Waals surface area contributed by atoms with Gasteiger partial charge in [-0.05, 0) is 53.1 Å². The van der Waals surface area contributed by atoms with Crippen molar-refractivity contribution in [3.63, 3.8) is 0 Å². The highest BCUT2D eigenvalue weighted by Gasteiger charge is 2.38. The van der Waals surface area contributed by atoms with Gasteiger partial charge in [0, 0.05) is 22.5 Å². The molecular formula is C15H24NOS. The predicted molar refractivity (Wildman–Crippen MR) is 78.4 cm³/mol. The Morgan fingerprint density at radius 2 is 2.00 bits per heavy atom. The zero-order chi connectivity index (χ0) is 13.1. The third kappa shape index (κ3) is 3.43. The van der Waals surface area contributed by atoms with Gasteiger partial charge in [0.2, 0.25) is 0 Å². The molecule has 0 bridgehead atoms. The van der Waals surface area contributed by atoms with Gasteiger partial charge in [0.15, 0.2) is 0 Å². The third-order valence-electron chi connectivity index (χ3n) is 3.98. The van der Waals surface area contributed by atoms with Crippen molar-refractivity contribution in [2.75, 3.05) is 14.1 Å². The van der Waals surface area contributed by atoms with Gasteiger partial charge < -0.3 is 10.0 Å². The van der Waals surface area contributed by atoms with E-state index in [0.717, 1.165) is 12.8 Å². The maximum absolute atomic E-state index is 10.1. The molecule has 0 aromatic heterocycles. The number of hydrogen-bond acceptors (Lipinski definition) is 3. The Kier molecular flexibility index (Phi) is 5.40. The van der Waals surface area contributed by atoms with E-state index in [4.69, 9.17) is 0 Å². The summed E-state index contributed by atoms with van der Waals surface area (Å²) in [5.74, 6) is 1.39. The van der Waals surface area contributed by atoms with Gasteiger partial charge >= 0.3 is 0 Å². The lowest BCUT2D eigenvalue weighted by atomic mass is 9.97. The maximum Gasteiger partial charge on any atom is 0.0659 e. The fourth-order valence-electron chi connectivity index (χ4n) is 2.53. The zero-order valence-electron chi connectivity index (χ0n) is 11.6. The van der Waals surface area contributed by atoms with Crippen molar-refractivity contribution in [1.29, 1.82) is 0 Å². The summed E-state index contributed by atoms with van der Waals surface area (Å²) in [6.07, 6.45) is 11.0. The van der Waals surface area contributed by atoms with Crippen LogP contribution in [0.2, 0.25) is 0 Å². The highest BCUT2D eigenvalue weighted by Crippen LogP contribution is 2.48. The van der Waals surface area contributed by atoms with Crippen LogP contribution >= 0.6 is 11.8 Å². The van der Waals surface area contributed by atoms with Gasteiger partial charge in [0.1, 0.15) is 0 Å². The van der Waals surface area contributed by atoms with Gasteiger partial charge in [-0.2, -0.15) is 0 Å². The fourth-order valence-corrected chi connectivity index (χ4v) is 3.96. The topological polar surface area (TPSA) is 23.5 Å². The van der Waals surface area contributed by atoms with Crippen LogP contribution in [0.4, 0.5) is 0 Å². The van der Waals surface area contributed by atoms with Crippen LogP contribution in [-0.4, -0.2) is 41.5 Å². The number of hydrogen-bond donors (Lipinski definition) is 1. The molecule has 2 saturated carbocycles. The fraction of sp³-hybridized carbons (Fsp3) is 0.667. The van der Waals surface area contributed by atoms with Crippen LogP contribution in [-0.2, 0) is 0 Å². The number of rotatable bonds is 4. The van der Waals surface area contributed by atoms with E-state index in [2.05, 4.69) is 45.2 Å². The minimum Gasteiger partial charge on any atom is -0.392 e. The van der Waals surface area contributed by atoms with Gasteiger partial charge in [-0.3, -0.25) is 0 Å². The predicted octanol–water partition coefficient (Wildman–Crippen LogP) is 2.71. The molecule has 1 N–H and O–H groups in total. The second kappa shape index (κ2) is 6.62. The Balaban J connectivity index is 1.90. The van der Waals surface area contributed by atoms with E-state index < -0.39 is 0 Å². The Morgan fingerprint density at radius 1 is 1.28 bits per heavy atom. The summed E-state index contributed by atoms with van der Waals surface area (Å²) in [5, 5.41) is 11.8. The average Bonchev–Trinajstić information content (AvgIpc) is 2.79. The molecule has 0 unspecified atom stereocenters. The van der Waals surface area contributed by atoms with E-state index in [1.165, 1.54) is 24.0 Å². The van der Waals surface area contributed by atoms with Crippen LogP contribution < -0.4 is 0 Å². The van der Waals surface area contributed by atoms with Crippen molar-refractivity contribution in [3.05, 3.63) is 30.4 Å². The molecular weight excluding hydrogens is 242 g/mol. The Morgan fingerprint density at radius 3 is 2.67 bits per heavy atom. The molecule has 2 fully saturated rings. The van der Waals surface area contributed by atoms with E-state index in [1.54, 1.807) is 0 Å². The SMILES string of the molecule is C[C@@H]([C]1[CH][CH][CH][C]1S[C@@H]1CCCC[C@H]1O)N(C)C. The molecule has 2 rings (SSSR count). The summed E-state index contributed by atoms with van der Waals surface area (Å²) < 4.78 is 0. The van der Waals surface area contributed by atoms with Crippen molar-refractivity contribution >= 4 is 11.8 Å². The number of thioether (sulfide) groups is 1. The standard InChI is InChI=1S/C15H24NOS/c1-11(16(2)3)12-7-6-10-14(12)18-15-9-5-4-8-13(15)17/h6-7,10-11,13,15,17H,4-5,8-9H2,1-3H3/t11-,13+,15+/m0/s1. The molecule has 5 radical (unpaired) electrons. The molecule has 2 aliphatic rings. The lowest BCUT2D eigenvalue weighted by molar-refractivity contribution is 0.137. The molecule has 0 aromatic carbocycles. The van der Waals surface area contributed by atoms with E-state index in [1.807, 2.05) is 11.8 Å². The van der Waals surface area contributed by atoms with Crippen molar-refractivity contribution in [1.82, 2.24) is 4.90 Å². The second-order valence-electron chi connectivity index (χ2n) is 5.49. The summed E-state index contributed by atoms with van der Waals surface area (Å²) in [6, 6.07) is 0.434. The molecule has 2 nitrogen and oxygen atoms in total. The van der Waals surface area contributed by atoms with Gasteiger partial charge in [0.25, 0.3) is 0 Å². The zero-order valence-corrected chi connectivity index (χ0v) is 12.4. The van der Waals surface area contributed by atoms with Crippen LogP contribution in [0.3, 0.4) is 0 Å². The normalized spacial score (nSPS) is 33.2. The number of aliphatic hydroxyl groups is 1. The summed E-state index contributed by atoms with van der Waals surface area (Å²) in [4.78, 5) is 2.23. The Labute approximate surface area is 117 Å². The van der Waals surface area contributed by atoms with Gasteiger partial charge in [-0.15, -0.1) is 11.8 Å². The highest BCUT2D eigenvalue weighted by atomic mass is 32.2. The van der Waals surface area contributed by atoms with Crippen molar-refractivity contribution in [3.8, 4) is 0 Å². The summed E-state index contributed by atoms with van der Waals surface area (Å²) in [6.45, 7) is 2.23. The molecule has 18 heavy (non-hydrogen) atoms. The largest absolute Gasteiger partial charge is 0.392 e. The van der Waals surface area contributed by atoms with E-state index >= 15 is 0 Å². The van der Waals surface area contributed by atoms with Crippen molar-refractivity contribution < 1.29 is 5.11 Å². The first-order chi connectivity index (χ1) is 8.59. The maximum atomic E-state index is 10.1. The molecule has 3 heteroatoms. The quantitative estimate of drug-likeness (QED) is 0.846. The van der Waals surface area contributed by atoms with E-state index in [-0.39, 0.29) is 6.10 Å². The van der Waals surface area contributed by atoms with Crippen LogP contribution in [0.1, 0.15) is 32.6 Å². The van der Waals surface area contributed by atoms with Gasteiger partial charge in [-0.25, -0.2) is 0 Å². The molecule has 0 amide bonds. The molecule has 101 valence electrons. The van der Waals surface area contributed by atoms with Crippen molar-refractivity contribution in [2.45, 2.75) is 50.0 Å². The Hall–Kier alpha value is 0.270. The molecule has 0 aromatic rings. The number of nitrogens with zero attached hydrogens (tertiary/aromatic N) is 1. The van der Waals surface area contributed by atoms with E-state index in [9.17, 15) is 5.11 Å². The third-order valence-corrected chi connectivity index (χ3v) is 5.46. The minimum absolute atomic E-state index is 0.124. The highest BCUT2D eigenvalue weighted by molar-refractivity contribution is 8.03. The first-order valence-corrected chi connectivity index (χ1v) is 7.74. The smallest absolute Gasteiger partial charge is 0.0659 e. The van der Waals surface area contributed by atoms with Crippen LogP contribution in [0, 0.1) is 30.4 Å². The monoisotopic (exact) mass is 266 g/mol. The van der Waals surface area contributed by atoms with Crippen LogP contribution in [0.5, 0.6) is 0 Å². The van der Waals surface area contributed by atoms with Crippen LogP contribution in [0.25, 0.3) is 0 Å². The second-order valence-corrected chi connectivity index (χ2v) is 6.77. The van der Waals surface area contributed by atoms with Crippen molar-refractivity contribution in [2.24, 2.45) is 0 Å². The summed E-state index contributed by atoms with van der Waals surface area (Å²) in [7, 11) is 4.23. The Bertz CT molecular complexity index is 259. The lowest BCUT2D eigenvalue weighted by Gasteiger charge is -2.34. The first kappa shape index (κ1) is 14.7.